The number of halogens is 2. The van der Waals surface area contributed by atoms with Gasteiger partial charge < -0.3 is 5.73 Å². The molecule has 1 rings (SSSR count). The van der Waals surface area contributed by atoms with Crippen LogP contribution in [0.1, 0.15) is 22.3 Å². The van der Waals surface area contributed by atoms with Crippen LogP contribution in [0.5, 0.6) is 0 Å². The highest BCUT2D eigenvalue weighted by Gasteiger charge is 2.05. The maximum Gasteiger partial charge on any atom is 0.250 e. The van der Waals surface area contributed by atoms with Crippen molar-refractivity contribution in [3.63, 3.8) is 0 Å². The summed E-state index contributed by atoms with van der Waals surface area (Å²) >= 11 is 0. The Labute approximate surface area is 79.9 Å². The number of aromatic nitrogens is 1. The van der Waals surface area contributed by atoms with E-state index in [1.165, 1.54) is 18.5 Å². The lowest BCUT2D eigenvalue weighted by atomic mass is 10.1. The van der Waals surface area contributed by atoms with E-state index < -0.39 is 12.3 Å². The number of hydrogen-bond acceptors (Lipinski definition) is 2. The Hall–Kier alpha value is -1.52. The molecule has 1 amide bonds. The number of pyridine rings is 1. The fraction of sp³-hybridized carbons (Fsp3) is 0.333. The summed E-state index contributed by atoms with van der Waals surface area (Å²) in [6.45, 7) is 0. The Kier molecular flexibility index (Phi) is 3.50. The first kappa shape index (κ1) is 10.6. The second kappa shape index (κ2) is 4.64. The number of carbonyl (C=O) groups excluding carboxylic acids is 1. The first-order valence-corrected chi connectivity index (χ1v) is 4.11. The van der Waals surface area contributed by atoms with Crippen molar-refractivity contribution in [1.82, 2.24) is 4.98 Å². The fourth-order valence-electron chi connectivity index (χ4n) is 1.03. The summed E-state index contributed by atoms with van der Waals surface area (Å²) in [4.78, 5) is 14.5. The zero-order valence-corrected chi connectivity index (χ0v) is 7.41. The van der Waals surface area contributed by atoms with E-state index in [0.29, 0.717) is 5.56 Å². The summed E-state index contributed by atoms with van der Waals surface area (Å²) in [6, 6.07) is 1.48. The van der Waals surface area contributed by atoms with Crippen molar-refractivity contribution >= 4 is 5.91 Å². The molecule has 0 aliphatic heterocycles. The standard InChI is InChI=1S/C9H10F2N2O/c10-8(11)2-1-6-3-7(9(12)14)5-13-4-6/h3-5,8H,1-2H2,(H2,12,14). The summed E-state index contributed by atoms with van der Waals surface area (Å²) in [5, 5.41) is 0. The van der Waals surface area contributed by atoms with Gasteiger partial charge in [-0.3, -0.25) is 9.78 Å². The largest absolute Gasteiger partial charge is 0.366 e. The molecule has 1 heterocycles. The summed E-state index contributed by atoms with van der Waals surface area (Å²) in [5.74, 6) is -0.601. The van der Waals surface area contributed by atoms with Crippen molar-refractivity contribution in [2.45, 2.75) is 19.3 Å². The molecule has 3 nitrogen and oxygen atoms in total. The number of amides is 1. The van der Waals surface area contributed by atoms with Gasteiger partial charge in [0, 0.05) is 18.8 Å². The van der Waals surface area contributed by atoms with Crippen molar-refractivity contribution in [2.75, 3.05) is 0 Å². The van der Waals surface area contributed by atoms with Gasteiger partial charge in [-0.2, -0.15) is 0 Å². The second-order valence-corrected chi connectivity index (χ2v) is 2.88. The van der Waals surface area contributed by atoms with Gasteiger partial charge >= 0.3 is 0 Å². The predicted octanol–water partition coefficient (Wildman–Crippen LogP) is 1.38. The molecule has 0 saturated heterocycles. The van der Waals surface area contributed by atoms with Crippen LogP contribution in [0.25, 0.3) is 0 Å². The van der Waals surface area contributed by atoms with Gasteiger partial charge in [0.05, 0.1) is 5.56 Å². The number of nitrogens with zero attached hydrogens (tertiary/aromatic N) is 1. The highest BCUT2D eigenvalue weighted by atomic mass is 19.3. The number of primary amides is 1. The Bertz CT molecular complexity index is 328. The van der Waals surface area contributed by atoms with E-state index in [0.717, 1.165) is 0 Å². The number of rotatable bonds is 4. The van der Waals surface area contributed by atoms with Crippen LogP contribution < -0.4 is 5.73 Å². The molecule has 0 unspecified atom stereocenters. The van der Waals surface area contributed by atoms with E-state index in [4.69, 9.17) is 5.73 Å². The third-order valence-corrected chi connectivity index (χ3v) is 1.73. The van der Waals surface area contributed by atoms with Crippen LogP contribution in [0.2, 0.25) is 0 Å². The molecule has 0 aliphatic carbocycles. The molecule has 0 aliphatic rings. The average molecular weight is 200 g/mol. The normalized spacial score (nSPS) is 10.5. The summed E-state index contributed by atoms with van der Waals surface area (Å²) in [5.41, 5.74) is 5.86. The van der Waals surface area contributed by atoms with Gasteiger partial charge in [-0.1, -0.05) is 0 Å². The van der Waals surface area contributed by atoms with Gasteiger partial charge in [0.2, 0.25) is 12.3 Å². The molecule has 0 spiro atoms. The zero-order chi connectivity index (χ0) is 10.6. The number of hydrogen-bond donors (Lipinski definition) is 1. The second-order valence-electron chi connectivity index (χ2n) is 2.88. The van der Waals surface area contributed by atoms with Crippen molar-refractivity contribution in [1.29, 1.82) is 0 Å². The summed E-state index contributed by atoms with van der Waals surface area (Å²) < 4.78 is 23.7. The van der Waals surface area contributed by atoms with Crippen molar-refractivity contribution in [3.8, 4) is 0 Å². The minimum absolute atomic E-state index is 0.200. The molecular weight excluding hydrogens is 190 g/mol. The molecule has 14 heavy (non-hydrogen) atoms. The molecule has 0 fully saturated rings. The third kappa shape index (κ3) is 3.08. The lowest BCUT2D eigenvalue weighted by Gasteiger charge is -2.01. The van der Waals surface area contributed by atoms with Crippen LogP contribution >= 0.6 is 0 Å². The van der Waals surface area contributed by atoms with Gasteiger partial charge in [0.1, 0.15) is 0 Å². The van der Waals surface area contributed by atoms with Gasteiger partial charge in [-0.25, -0.2) is 8.78 Å². The number of nitrogens with two attached hydrogens (primary N) is 1. The van der Waals surface area contributed by atoms with Crippen LogP contribution in [0.3, 0.4) is 0 Å². The van der Waals surface area contributed by atoms with Gasteiger partial charge in [0.15, 0.2) is 0 Å². The molecule has 0 aromatic carbocycles. The molecule has 0 saturated carbocycles. The molecule has 0 atom stereocenters. The lowest BCUT2D eigenvalue weighted by molar-refractivity contribution is 0.1000. The minimum atomic E-state index is -2.34. The highest BCUT2D eigenvalue weighted by molar-refractivity contribution is 5.92. The molecule has 1 aromatic heterocycles. The van der Waals surface area contributed by atoms with E-state index in [1.54, 1.807) is 0 Å². The van der Waals surface area contributed by atoms with Crippen molar-refractivity contribution in [2.24, 2.45) is 5.73 Å². The smallest absolute Gasteiger partial charge is 0.250 e. The number of alkyl halides is 2. The first-order chi connectivity index (χ1) is 6.59. The Morgan fingerprint density at radius 1 is 1.50 bits per heavy atom. The van der Waals surface area contributed by atoms with Gasteiger partial charge in [-0.05, 0) is 18.1 Å². The molecule has 0 radical (unpaired) electrons. The Morgan fingerprint density at radius 2 is 2.21 bits per heavy atom. The van der Waals surface area contributed by atoms with Crippen molar-refractivity contribution < 1.29 is 13.6 Å². The fourth-order valence-corrected chi connectivity index (χ4v) is 1.03. The van der Waals surface area contributed by atoms with Gasteiger partial charge in [0.25, 0.3) is 0 Å². The highest BCUT2D eigenvalue weighted by Crippen LogP contribution is 2.08. The topological polar surface area (TPSA) is 56.0 Å². The SMILES string of the molecule is NC(=O)c1cncc(CCC(F)F)c1. The minimum Gasteiger partial charge on any atom is -0.366 e. The maximum atomic E-state index is 11.9. The predicted molar refractivity (Wildman–Crippen MR) is 47.1 cm³/mol. The monoisotopic (exact) mass is 200 g/mol. The van der Waals surface area contributed by atoms with E-state index in [-0.39, 0.29) is 18.4 Å². The molecule has 0 bridgehead atoms. The molecule has 2 N–H and O–H groups in total. The van der Waals surface area contributed by atoms with E-state index >= 15 is 0 Å². The number of carbonyl (C=O) groups is 1. The first-order valence-electron chi connectivity index (χ1n) is 4.11. The van der Waals surface area contributed by atoms with Gasteiger partial charge in [-0.15, -0.1) is 0 Å². The van der Waals surface area contributed by atoms with Crippen LogP contribution in [0.15, 0.2) is 18.5 Å². The summed E-state index contributed by atoms with van der Waals surface area (Å²) in [7, 11) is 0. The molecule has 5 heteroatoms. The van der Waals surface area contributed by atoms with E-state index in [9.17, 15) is 13.6 Å². The average Bonchev–Trinajstić information content (AvgIpc) is 2.15. The summed E-state index contributed by atoms with van der Waals surface area (Å²) in [6.07, 6.45) is 0.394. The van der Waals surface area contributed by atoms with Crippen LogP contribution in [-0.4, -0.2) is 17.3 Å². The molecular formula is C9H10F2N2O. The van der Waals surface area contributed by atoms with E-state index in [2.05, 4.69) is 4.98 Å². The molecule has 1 aromatic rings. The van der Waals surface area contributed by atoms with Crippen LogP contribution in [0.4, 0.5) is 8.78 Å². The van der Waals surface area contributed by atoms with Crippen LogP contribution in [0, 0.1) is 0 Å². The quantitative estimate of drug-likeness (QED) is 0.798. The maximum absolute atomic E-state index is 11.9. The lowest BCUT2D eigenvalue weighted by Crippen LogP contribution is -2.11. The van der Waals surface area contributed by atoms with Crippen molar-refractivity contribution in [3.05, 3.63) is 29.6 Å². The molecule has 76 valence electrons. The Morgan fingerprint density at radius 3 is 2.79 bits per heavy atom. The third-order valence-electron chi connectivity index (χ3n) is 1.73. The van der Waals surface area contributed by atoms with Crippen LogP contribution in [-0.2, 0) is 6.42 Å². The van der Waals surface area contributed by atoms with E-state index in [1.807, 2.05) is 0 Å². The Balaban J connectivity index is 2.69. The zero-order valence-electron chi connectivity index (χ0n) is 7.41. The number of aryl methyl sites for hydroxylation is 1.